The maximum absolute atomic E-state index is 4.84. The summed E-state index contributed by atoms with van der Waals surface area (Å²) < 4.78 is 8.84. The fourth-order valence-electron chi connectivity index (χ4n) is 0.496. The Morgan fingerprint density at radius 1 is 1.78 bits per heavy atom. The molecule has 0 aliphatic heterocycles. The van der Waals surface area contributed by atoms with Gasteiger partial charge in [-0.2, -0.15) is 4.37 Å². The van der Waals surface area contributed by atoms with Crippen molar-refractivity contribution in [1.82, 2.24) is 9.36 Å². The maximum atomic E-state index is 4.84. The predicted octanol–water partition coefficient (Wildman–Crippen LogP) is 0.727. The summed E-state index contributed by atoms with van der Waals surface area (Å²) in [7, 11) is 1.67. The van der Waals surface area contributed by atoms with E-state index >= 15 is 0 Å². The normalized spacial score (nSPS) is 9.89. The van der Waals surface area contributed by atoms with Gasteiger partial charge in [-0.05, 0) is 11.5 Å². The molecular weight excluding hydrogens is 136 g/mol. The van der Waals surface area contributed by atoms with Gasteiger partial charge in [0.25, 0.3) is 0 Å². The molecule has 0 fully saturated rings. The Morgan fingerprint density at radius 2 is 2.67 bits per heavy atom. The summed E-state index contributed by atoms with van der Waals surface area (Å²) >= 11 is 1.37. The third-order valence-corrected chi connectivity index (χ3v) is 1.45. The fourth-order valence-corrected chi connectivity index (χ4v) is 0.972. The van der Waals surface area contributed by atoms with Crippen LogP contribution >= 0.6 is 11.5 Å². The molecule has 0 radical (unpaired) electrons. The van der Waals surface area contributed by atoms with Gasteiger partial charge in [0.15, 0.2) is 0 Å². The summed E-state index contributed by atoms with van der Waals surface area (Å²) in [5.41, 5.74) is 1.73. The molecule has 1 rings (SSSR count). The molecule has 0 amide bonds. The van der Waals surface area contributed by atoms with Crippen molar-refractivity contribution in [3.63, 3.8) is 0 Å². The van der Waals surface area contributed by atoms with Gasteiger partial charge in [-0.1, -0.05) is 0 Å². The minimum absolute atomic E-state index is 0.705. The van der Waals surface area contributed by atoms with Gasteiger partial charge < -0.3 is 4.74 Å². The molecule has 3 nitrogen and oxygen atoms in total. The van der Waals surface area contributed by atoms with Gasteiger partial charge in [0.2, 0.25) is 0 Å². The average Bonchev–Trinajstić information content (AvgIpc) is 2.34. The highest BCUT2D eigenvalue weighted by Gasteiger charge is 1.93. The predicted molar refractivity (Wildman–Crippen MR) is 35.5 cm³/mol. The van der Waals surface area contributed by atoms with Crippen molar-refractivity contribution >= 4 is 11.5 Å². The highest BCUT2D eigenvalue weighted by atomic mass is 32.1. The molecule has 0 aromatic carbocycles. The Morgan fingerprint density at radius 3 is 3.22 bits per heavy atom. The summed E-state index contributed by atoms with van der Waals surface area (Å²) in [5.74, 6) is 0.877. The molecule has 0 saturated heterocycles. The van der Waals surface area contributed by atoms with Crippen molar-refractivity contribution in [2.45, 2.75) is 6.42 Å². The maximum Gasteiger partial charge on any atom is 0.144 e. The molecule has 0 aliphatic carbocycles. The van der Waals surface area contributed by atoms with Crippen LogP contribution in [0.2, 0.25) is 0 Å². The van der Waals surface area contributed by atoms with E-state index in [2.05, 4.69) is 9.36 Å². The highest BCUT2D eigenvalue weighted by Crippen LogP contribution is 1.93. The largest absolute Gasteiger partial charge is 0.384 e. The summed E-state index contributed by atoms with van der Waals surface area (Å²) in [6, 6.07) is 0. The van der Waals surface area contributed by atoms with Gasteiger partial charge in [-0.25, -0.2) is 4.98 Å². The van der Waals surface area contributed by atoms with Crippen LogP contribution in [0.25, 0.3) is 0 Å². The lowest BCUT2D eigenvalue weighted by atomic mass is 10.4. The second-order valence-corrected chi connectivity index (χ2v) is 2.19. The minimum Gasteiger partial charge on any atom is -0.384 e. The number of hydrogen-bond acceptors (Lipinski definition) is 4. The van der Waals surface area contributed by atoms with Crippen LogP contribution in [0.15, 0.2) is 5.51 Å². The van der Waals surface area contributed by atoms with Crippen LogP contribution in [0, 0.1) is 0 Å². The minimum atomic E-state index is 0.705. The Hall–Kier alpha value is -0.480. The van der Waals surface area contributed by atoms with Crippen molar-refractivity contribution in [3.8, 4) is 0 Å². The Bertz CT molecular complexity index is 152. The molecule has 0 N–H and O–H groups in total. The van der Waals surface area contributed by atoms with Crippen LogP contribution in [0.1, 0.15) is 5.82 Å². The van der Waals surface area contributed by atoms with Crippen molar-refractivity contribution in [3.05, 3.63) is 11.3 Å². The fraction of sp³-hybridized carbons (Fsp3) is 0.600. The first-order valence-corrected chi connectivity index (χ1v) is 3.51. The van der Waals surface area contributed by atoms with Crippen LogP contribution in [-0.2, 0) is 11.2 Å². The first kappa shape index (κ1) is 6.64. The number of hydrogen-bond donors (Lipinski definition) is 0. The number of rotatable bonds is 3. The average molecular weight is 144 g/mol. The standard InChI is InChI=1S/C5H8N2OS/c1-8-3-2-5-6-4-9-7-5/h4H,2-3H2,1H3. The van der Waals surface area contributed by atoms with Gasteiger partial charge in [-0.15, -0.1) is 0 Å². The Balaban J connectivity index is 2.30. The number of aromatic nitrogens is 2. The van der Waals surface area contributed by atoms with E-state index in [1.807, 2.05) is 0 Å². The van der Waals surface area contributed by atoms with Crippen molar-refractivity contribution in [1.29, 1.82) is 0 Å². The smallest absolute Gasteiger partial charge is 0.144 e. The van der Waals surface area contributed by atoms with Crippen LogP contribution < -0.4 is 0 Å². The van der Waals surface area contributed by atoms with Gasteiger partial charge in [0.05, 0.1) is 6.61 Å². The van der Waals surface area contributed by atoms with Gasteiger partial charge in [-0.3, -0.25) is 0 Å². The number of ether oxygens (including phenoxy) is 1. The Labute approximate surface area is 57.9 Å². The first-order valence-electron chi connectivity index (χ1n) is 2.67. The molecule has 50 valence electrons. The number of nitrogens with zero attached hydrogens (tertiary/aromatic N) is 2. The first-order chi connectivity index (χ1) is 4.43. The van der Waals surface area contributed by atoms with Gasteiger partial charge in [0.1, 0.15) is 11.3 Å². The number of methoxy groups -OCH3 is 1. The zero-order chi connectivity index (χ0) is 6.53. The second kappa shape index (κ2) is 3.53. The van der Waals surface area contributed by atoms with E-state index in [9.17, 15) is 0 Å². The molecule has 1 aromatic heterocycles. The molecule has 0 spiro atoms. The summed E-state index contributed by atoms with van der Waals surface area (Å²) in [6.45, 7) is 0.705. The summed E-state index contributed by atoms with van der Waals surface area (Å²) in [5, 5.41) is 0. The lowest BCUT2D eigenvalue weighted by molar-refractivity contribution is 0.201. The van der Waals surface area contributed by atoms with E-state index < -0.39 is 0 Å². The molecule has 0 unspecified atom stereocenters. The topological polar surface area (TPSA) is 35.0 Å². The molecule has 1 aromatic rings. The van der Waals surface area contributed by atoms with E-state index in [1.54, 1.807) is 12.6 Å². The third-order valence-electron chi connectivity index (χ3n) is 0.937. The molecule has 0 saturated carbocycles. The van der Waals surface area contributed by atoms with E-state index in [0.29, 0.717) is 6.61 Å². The monoisotopic (exact) mass is 144 g/mol. The lowest BCUT2D eigenvalue weighted by Gasteiger charge is -1.90. The van der Waals surface area contributed by atoms with Gasteiger partial charge in [0, 0.05) is 13.5 Å². The van der Waals surface area contributed by atoms with E-state index in [-0.39, 0.29) is 0 Å². The van der Waals surface area contributed by atoms with Crippen molar-refractivity contribution in [2.24, 2.45) is 0 Å². The second-order valence-electron chi connectivity index (χ2n) is 1.59. The SMILES string of the molecule is COCCc1ncsn1. The zero-order valence-electron chi connectivity index (χ0n) is 5.20. The molecule has 4 heteroatoms. The van der Waals surface area contributed by atoms with E-state index in [0.717, 1.165) is 12.2 Å². The van der Waals surface area contributed by atoms with Crippen LogP contribution in [0.5, 0.6) is 0 Å². The lowest BCUT2D eigenvalue weighted by Crippen LogP contribution is -1.95. The quantitative estimate of drug-likeness (QED) is 0.627. The van der Waals surface area contributed by atoms with Gasteiger partial charge >= 0.3 is 0 Å². The van der Waals surface area contributed by atoms with Crippen LogP contribution in [0.3, 0.4) is 0 Å². The summed E-state index contributed by atoms with van der Waals surface area (Å²) in [6.07, 6.45) is 0.819. The summed E-state index contributed by atoms with van der Waals surface area (Å²) in [4.78, 5) is 3.98. The third kappa shape index (κ3) is 2.07. The molecule has 0 bridgehead atoms. The van der Waals surface area contributed by atoms with Crippen molar-refractivity contribution in [2.75, 3.05) is 13.7 Å². The Kier molecular flexibility index (Phi) is 2.60. The van der Waals surface area contributed by atoms with E-state index in [1.165, 1.54) is 11.5 Å². The van der Waals surface area contributed by atoms with Crippen LogP contribution in [-0.4, -0.2) is 23.1 Å². The highest BCUT2D eigenvalue weighted by molar-refractivity contribution is 7.03. The molecule has 0 aliphatic rings. The molecular formula is C5H8N2OS. The molecule has 9 heavy (non-hydrogen) atoms. The zero-order valence-corrected chi connectivity index (χ0v) is 6.02. The van der Waals surface area contributed by atoms with E-state index in [4.69, 9.17) is 4.74 Å². The molecule has 0 atom stereocenters. The molecule has 1 heterocycles. The van der Waals surface area contributed by atoms with Crippen molar-refractivity contribution < 1.29 is 4.74 Å². The van der Waals surface area contributed by atoms with Crippen LogP contribution in [0.4, 0.5) is 0 Å².